The topological polar surface area (TPSA) is 122 Å². The molecule has 0 saturated carbocycles. The molecule has 0 fully saturated rings. The van der Waals surface area contributed by atoms with Gasteiger partial charge in [0.1, 0.15) is 6.04 Å². The van der Waals surface area contributed by atoms with Crippen molar-refractivity contribution in [1.82, 2.24) is 19.8 Å². The lowest BCUT2D eigenvalue weighted by atomic mass is 10.0. The molecule has 9 nitrogen and oxygen atoms in total. The van der Waals surface area contributed by atoms with Crippen LogP contribution in [0.1, 0.15) is 27.0 Å². The number of aliphatic carboxylic acids is 1. The molecule has 3 aromatic carbocycles. The van der Waals surface area contributed by atoms with E-state index in [1.54, 1.807) is 62.5 Å². The van der Waals surface area contributed by atoms with E-state index >= 15 is 0 Å². The number of carbonyl (C=O) groups excluding carboxylic acids is 1. The van der Waals surface area contributed by atoms with Gasteiger partial charge in [-0.2, -0.15) is 0 Å². The van der Waals surface area contributed by atoms with Crippen LogP contribution < -0.4 is 21.9 Å². The molecule has 0 bridgehead atoms. The Morgan fingerprint density at radius 3 is 2.34 bits per heavy atom. The molecular weight excluding hydrogens is 508 g/mol. The van der Waals surface area contributed by atoms with Gasteiger partial charge in [0.15, 0.2) is 0 Å². The molecule has 10 heteroatoms. The molecule has 0 spiro atoms. The summed E-state index contributed by atoms with van der Waals surface area (Å²) in [6.45, 7) is 2.32. The minimum absolute atomic E-state index is 0.0102. The van der Waals surface area contributed by atoms with Gasteiger partial charge in [0.2, 0.25) is 0 Å². The normalized spacial score (nSPS) is 11.9. The lowest BCUT2D eigenvalue weighted by Gasteiger charge is -2.17. The fourth-order valence-electron chi connectivity index (χ4n) is 4.40. The monoisotopic (exact) mass is 534 g/mol. The van der Waals surface area contributed by atoms with Gasteiger partial charge in [-0.1, -0.05) is 41.9 Å². The van der Waals surface area contributed by atoms with Gasteiger partial charge in [-0.25, -0.2) is 14.2 Å². The van der Waals surface area contributed by atoms with Crippen LogP contribution in [-0.4, -0.2) is 39.2 Å². The second kappa shape index (κ2) is 11.0. The van der Waals surface area contributed by atoms with Crippen LogP contribution in [0.3, 0.4) is 0 Å². The van der Waals surface area contributed by atoms with Gasteiger partial charge in [0.05, 0.1) is 27.2 Å². The molecule has 3 N–H and O–H groups in total. The molecule has 0 aliphatic rings. The third-order valence-corrected chi connectivity index (χ3v) is 6.72. The van der Waals surface area contributed by atoms with Crippen molar-refractivity contribution in [3.05, 3.63) is 109 Å². The first-order chi connectivity index (χ1) is 18.1. The standard InChI is InChI=1S/C28H27ClN4O5/c1-16-5-4-6-21(29)24(16)25(34)31-22(27(36)37)13-17-7-10-19(11-8-17)33-26(35)20-12-9-18(15-30-2)14-23(20)32(3)28(33)38/h4-12,14,22,30H,13,15H2,1-3H3,(H,31,34)(H,36,37)/t22-/m0/s1. The number of rotatable bonds is 8. The van der Waals surface area contributed by atoms with Crippen molar-refractivity contribution in [1.29, 1.82) is 0 Å². The summed E-state index contributed by atoms with van der Waals surface area (Å²) >= 11 is 6.15. The Balaban J connectivity index is 1.62. The molecule has 0 aliphatic carbocycles. The Morgan fingerprint density at radius 1 is 1.03 bits per heavy atom. The molecule has 0 aliphatic heterocycles. The maximum atomic E-state index is 13.2. The van der Waals surface area contributed by atoms with Crippen LogP contribution in [-0.2, 0) is 24.8 Å². The summed E-state index contributed by atoms with van der Waals surface area (Å²) in [5, 5.41) is 15.9. The fourth-order valence-corrected chi connectivity index (χ4v) is 4.71. The van der Waals surface area contributed by atoms with E-state index in [1.807, 2.05) is 19.2 Å². The van der Waals surface area contributed by atoms with E-state index in [-0.39, 0.29) is 17.0 Å². The quantitative estimate of drug-likeness (QED) is 0.319. The number of carboxylic acids is 1. The van der Waals surface area contributed by atoms with E-state index in [9.17, 15) is 24.3 Å². The van der Waals surface area contributed by atoms with Gasteiger partial charge in [0, 0.05) is 20.0 Å². The zero-order valence-corrected chi connectivity index (χ0v) is 21.9. The van der Waals surface area contributed by atoms with E-state index in [0.29, 0.717) is 34.3 Å². The van der Waals surface area contributed by atoms with E-state index in [2.05, 4.69) is 10.6 Å². The highest BCUT2D eigenvalue weighted by atomic mass is 35.5. The molecule has 4 aromatic rings. The zero-order valence-electron chi connectivity index (χ0n) is 21.1. The number of aromatic nitrogens is 2. The highest BCUT2D eigenvalue weighted by Crippen LogP contribution is 2.20. The van der Waals surface area contributed by atoms with Crippen molar-refractivity contribution in [3.63, 3.8) is 0 Å². The summed E-state index contributed by atoms with van der Waals surface area (Å²) < 4.78 is 2.51. The fraction of sp³-hybridized carbons (Fsp3) is 0.214. The molecule has 1 atom stereocenters. The summed E-state index contributed by atoms with van der Waals surface area (Å²) in [5.41, 5.74) is 2.34. The third kappa shape index (κ3) is 5.25. The van der Waals surface area contributed by atoms with E-state index < -0.39 is 29.2 Å². The molecule has 1 heterocycles. The van der Waals surface area contributed by atoms with Crippen molar-refractivity contribution in [2.45, 2.75) is 25.9 Å². The number of nitrogens with one attached hydrogen (secondary N) is 2. The Hall–Kier alpha value is -4.21. The van der Waals surface area contributed by atoms with E-state index in [1.165, 1.54) is 4.57 Å². The summed E-state index contributed by atoms with van der Waals surface area (Å²) in [7, 11) is 3.43. The van der Waals surface area contributed by atoms with Gasteiger partial charge in [0.25, 0.3) is 11.5 Å². The molecule has 0 saturated heterocycles. The molecule has 0 radical (unpaired) electrons. The number of benzene rings is 3. The summed E-state index contributed by atoms with van der Waals surface area (Å²) in [4.78, 5) is 51.0. The van der Waals surface area contributed by atoms with Crippen molar-refractivity contribution >= 4 is 34.4 Å². The summed E-state index contributed by atoms with van der Waals surface area (Å²) in [5.74, 6) is -1.79. The molecular formula is C28H27ClN4O5. The summed E-state index contributed by atoms with van der Waals surface area (Å²) in [6, 6.07) is 15.6. The molecule has 38 heavy (non-hydrogen) atoms. The van der Waals surface area contributed by atoms with Crippen LogP contribution in [0.5, 0.6) is 0 Å². The zero-order chi connectivity index (χ0) is 27.6. The number of fused-ring (bicyclic) bond motifs is 1. The third-order valence-electron chi connectivity index (χ3n) is 6.40. The number of halogens is 1. The molecule has 1 aromatic heterocycles. The Kier molecular flexibility index (Phi) is 7.80. The maximum absolute atomic E-state index is 13.2. The predicted molar refractivity (Wildman–Crippen MR) is 146 cm³/mol. The first kappa shape index (κ1) is 26.8. The number of hydrogen-bond acceptors (Lipinski definition) is 5. The van der Waals surface area contributed by atoms with Crippen LogP contribution >= 0.6 is 11.6 Å². The summed E-state index contributed by atoms with van der Waals surface area (Å²) in [6.07, 6.45) is -0.0102. The van der Waals surface area contributed by atoms with E-state index in [0.717, 1.165) is 10.1 Å². The largest absolute Gasteiger partial charge is 0.480 e. The van der Waals surface area contributed by atoms with Crippen LogP contribution in [0, 0.1) is 6.92 Å². The van der Waals surface area contributed by atoms with E-state index in [4.69, 9.17) is 11.6 Å². The van der Waals surface area contributed by atoms with Crippen LogP contribution in [0.15, 0.2) is 70.3 Å². The van der Waals surface area contributed by atoms with Gasteiger partial charge in [-0.05, 0) is 61.0 Å². The number of nitrogens with zero attached hydrogens (tertiary/aromatic N) is 2. The number of amides is 1. The molecule has 4 rings (SSSR count). The second-order valence-electron chi connectivity index (χ2n) is 9.03. The molecule has 196 valence electrons. The highest BCUT2D eigenvalue weighted by molar-refractivity contribution is 6.34. The minimum atomic E-state index is -1.22. The minimum Gasteiger partial charge on any atom is -0.480 e. The van der Waals surface area contributed by atoms with Gasteiger partial charge in [-0.15, -0.1) is 0 Å². The number of carbonyl (C=O) groups is 2. The van der Waals surface area contributed by atoms with Crippen molar-refractivity contribution in [2.75, 3.05) is 7.05 Å². The second-order valence-corrected chi connectivity index (χ2v) is 9.44. The molecule has 1 amide bonds. The smallest absolute Gasteiger partial charge is 0.335 e. The number of carboxylic acid groups (broad SMARTS) is 1. The Bertz CT molecular complexity index is 1640. The van der Waals surface area contributed by atoms with Gasteiger partial charge < -0.3 is 15.7 Å². The SMILES string of the molecule is CNCc1ccc2c(=O)n(-c3ccc(C[C@H](NC(=O)c4c(C)cccc4Cl)C(=O)O)cc3)c(=O)n(C)c2c1. The van der Waals surface area contributed by atoms with Gasteiger partial charge in [-0.3, -0.25) is 14.2 Å². The Morgan fingerprint density at radius 2 is 1.71 bits per heavy atom. The number of hydrogen-bond donors (Lipinski definition) is 3. The average Bonchev–Trinajstić information content (AvgIpc) is 2.88. The lowest BCUT2D eigenvalue weighted by molar-refractivity contribution is -0.139. The number of aryl methyl sites for hydroxylation is 2. The van der Waals surface area contributed by atoms with Crippen LogP contribution in [0.4, 0.5) is 0 Å². The van der Waals surface area contributed by atoms with Crippen LogP contribution in [0.25, 0.3) is 16.6 Å². The lowest BCUT2D eigenvalue weighted by Crippen LogP contribution is -2.42. The Labute approximate surface area is 223 Å². The molecule has 0 unspecified atom stereocenters. The first-order valence-corrected chi connectivity index (χ1v) is 12.3. The van der Waals surface area contributed by atoms with Gasteiger partial charge >= 0.3 is 11.7 Å². The first-order valence-electron chi connectivity index (χ1n) is 11.9. The van der Waals surface area contributed by atoms with Crippen LogP contribution in [0.2, 0.25) is 5.02 Å². The predicted octanol–water partition coefficient (Wildman–Crippen LogP) is 2.80. The van der Waals surface area contributed by atoms with Crippen molar-refractivity contribution < 1.29 is 14.7 Å². The van der Waals surface area contributed by atoms with Crippen molar-refractivity contribution in [2.24, 2.45) is 7.05 Å². The van der Waals surface area contributed by atoms with Crippen molar-refractivity contribution in [3.8, 4) is 5.69 Å². The average molecular weight is 535 g/mol. The maximum Gasteiger partial charge on any atom is 0.335 e. The highest BCUT2D eigenvalue weighted by Gasteiger charge is 2.23.